The van der Waals surface area contributed by atoms with Gasteiger partial charge in [0, 0.05) is 30.7 Å². The van der Waals surface area contributed by atoms with Gasteiger partial charge < -0.3 is 9.47 Å². The number of esters is 2. The maximum atomic E-state index is 13.6. The minimum absolute atomic E-state index is 0.0609. The highest BCUT2D eigenvalue weighted by molar-refractivity contribution is 9.10. The predicted molar refractivity (Wildman–Crippen MR) is 151 cm³/mol. The molecule has 2 aromatic carbocycles. The van der Waals surface area contributed by atoms with E-state index in [1.54, 1.807) is 6.20 Å². The Morgan fingerprint density at radius 3 is 2.70 bits per heavy atom. The molecule has 0 bridgehead atoms. The Labute approximate surface area is 243 Å². The minimum Gasteiger partial charge on any atom is -0.456 e. The SMILES string of the molecule is CC(=O)OC(c1cn2c(n1)sc1cc(C)ccc12)[C@]1(Br)C(=O)N2C(C(=O)OCc3ccc([N+](=O)[O-])cc3)=CS[C@@H]21. The summed E-state index contributed by atoms with van der Waals surface area (Å²) in [6.07, 6.45) is 0.713. The number of benzene rings is 2. The van der Waals surface area contributed by atoms with E-state index < -0.39 is 38.6 Å². The average Bonchev–Trinajstić information content (AvgIpc) is 3.61. The van der Waals surface area contributed by atoms with Gasteiger partial charge in [-0.25, -0.2) is 9.78 Å². The number of carbonyl (C=O) groups excluding carboxylic acids is 3. The zero-order valence-corrected chi connectivity index (χ0v) is 24.1. The summed E-state index contributed by atoms with van der Waals surface area (Å²) in [4.78, 5) is 55.6. The molecule has 0 aliphatic carbocycles. The lowest BCUT2D eigenvalue weighted by atomic mass is 9.89. The van der Waals surface area contributed by atoms with E-state index >= 15 is 0 Å². The molecule has 0 saturated carbocycles. The van der Waals surface area contributed by atoms with Crippen molar-refractivity contribution in [3.63, 3.8) is 0 Å². The van der Waals surface area contributed by atoms with Crippen molar-refractivity contribution in [2.75, 3.05) is 0 Å². The topological polar surface area (TPSA) is 133 Å². The number of nitrogens with zero attached hydrogens (tertiary/aromatic N) is 4. The summed E-state index contributed by atoms with van der Waals surface area (Å²) in [5, 5.41) is 11.8. The van der Waals surface area contributed by atoms with Crippen molar-refractivity contribution >= 4 is 77.7 Å². The van der Waals surface area contributed by atoms with Crippen molar-refractivity contribution in [1.82, 2.24) is 14.3 Å². The number of rotatable bonds is 7. The van der Waals surface area contributed by atoms with E-state index in [-0.39, 0.29) is 18.0 Å². The number of halogens is 1. The number of ether oxygens (including phenoxy) is 2. The van der Waals surface area contributed by atoms with Crippen LogP contribution >= 0.6 is 39.0 Å². The van der Waals surface area contributed by atoms with Crippen LogP contribution in [0.5, 0.6) is 0 Å². The normalized spacial score (nSPS) is 20.7. The third-order valence-electron chi connectivity index (χ3n) is 6.64. The first-order valence-electron chi connectivity index (χ1n) is 11.9. The van der Waals surface area contributed by atoms with Crippen LogP contribution in [0.1, 0.15) is 29.8 Å². The van der Waals surface area contributed by atoms with Crippen LogP contribution in [0, 0.1) is 17.0 Å². The zero-order valence-electron chi connectivity index (χ0n) is 20.9. The van der Waals surface area contributed by atoms with Crippen LogP contribution < -0.4 is 0 Å². The Bertz CT molecular complexity index is 1770. The second-order valence-electron chi connectivity index (χ2n) is 9.32. The fourth-order valence-corrected chi connectivity index (χ4v) is 8.09. The number of hydrogen-bond acceptors (Lipinski definition) is 10. The maximum Gasteiger partial charge on any atom is 0.355 e. The summed E-state index contributed by atoms with van der Waals surface area (Å²) in [6, 6.07) is 11.7. The van der Waals surface area contributed by atoms with Gasteiger partial charge in [0.1, 0.15) is 23.4 Å². The molecule has 40 heavy (non-hydrogen) atoms. The summed E-state index contributed by atoms with van der Waals surface area (Å²) in [5.41, 5.74) is 3.03. The third-order valence-corrected chi connectivity index (χ3v) is 10.3. The van der Waals surface area contributed by atoms with Crippen LogP contribution in [0.25, 0.3) is 15.2 Å². The number of aromatic nitrogens is 2. The maximum absolute atomic E-state index is 13.6. The number of nitro benzene ring substituents is 1. The second-order valence-corrected chi connectivity index (χ2v) is 12.6. The van der Waals surface area contributed by atoms with Crippen LogP contribution in [-0.2, 0) is 30.5 Å². The number of fused-ring (bicyclic) bond motifs is 4. The number of β-lactam (4-membered cyclic amide) rings is 1. The summed E-state index contributed by atoms with van der Waals surface area (Å²) in [5.74, 6) is -1.76. The van der Waals surface area contributed by atoms with Crippen molar-refractivity contribution in [1.29, 1.82) is 0 Å². The van der Waals surface area contributed by atoms with Crippen molar-refractivity contribution < 1.29 is 28.8 Å². The molecule has 14 heteroatoms. The molecular formula is C26H19BrN4O7S2. The number of aryl methyl sites for hydroxylation is 1. The number of imidazole rings is 1. The van der Waals surface area contributed by atoms with Crippen LogP contribution in [0.4, 0.5) is 5.69 Å². The van der Waals surface area contributed by atoms with E-state index in [0.717, 1.165) is 15.8 Å². The molecule has 1 saturated heterocycles. The van der Waals surface area contributed by atoms with Gasteiger partial charge in [-0.05, 0) is 42.3 Å². The average molecular weight is 643 g/mol. The van der Waals surface area contributed by atoms with Gasteiger partial charge in [-0.3, -0.25) is 29.0 Å². The Balaban J connectivity index is 1.22. The third kappa shape index (κ3) is 4.17. The van der Waals surface area contributed by atoms with Gasteiger partial charge in [0.15, 0.2) is 15.4 Å². The molecule has 4 aromatic rings. The number of amides is 1. The first-order valence-corrected chi connectivity index (χ1v) is 14.5. The van der Waals surface area contributed by atoms with Crippen LogP contribution in [0.2, 0.25) is 0 Å². The van der Waals surface area contributed by atoms with Crippen molar-refractivity contribution in [2.45, 2.75) is 36.3 Å². The molecule has 11 nitrogen and oxygen atoms in total. The Hall–Kier alpha value is -3.75. The summed E-state index contributed by atoms with van der Waals surface area (Å²) in [6.45, 7) is 3.15. The Morgan fingerprint density at radius 1 is 1.25 bits per heavy atom. The quantitative estimate of drug-likeness (QED) is 0.0897. The largest absolute Gasteiger partial charge is 0.456 e. The molecular weight excluding hydrogens is 624 g/mol. The van der Waals surface area contributed by atoms with E-state index in [4.69, 9.17) is 14.5 Å². The van der Waals surface area contributed by atoms with Gasteiger partial charge in [0.25, 0.3) is 11.6 Å². The summed E-state index contributed by atoms with van der Waals surface area (Å²) < 4.78 is 12.6. The molecule has 1 fully saturated rings. The van der Waals surface area contributed by atoms with Gasteiger partial charge in [0.2, 0.25) is 0 Å². The highest BCUT2D eigenvalue weighted by atomic mass is 79.9. The zero-order chi connectivity index (χ0) is 28.3. The second kappa shape index (κ2) is 9.71. The van der Waals surface area contributed by atoms with E-state index in [1.807, 2.05) is 23.5 Å². The molecule has 2 aliphatic rings. The Kier molecular flexibility index (Phi) is 6.43. The molecule has 1 amide bonds. The van der Waals surface area contributed by atoms with E-state index in [9.17, 15) is 24.5 Å². The number of carbonyl (C=O) groups is 3. The standard InChI is InChI=1S/C26H19BrN4O7S2/c1-13-3-8-18-20(9-13)40-25-28-17(10-29(18)25)21(38-14(2)32)26(27)23(34)30-19(12-39-24(26)30)22(33)37-11-15-4-6-16(7-5-15)31(35)36/h3-10,12,21,24H,11H2,1-2H3/t21?,24-,26+/m1/s1. The number of nitro groups is 1. The highest BCUT2D eigenvalue weighted by Gasteiger charge is 2.69. The summed E-state index contributed by atoms with van der Waals surface area (Å²) in [7, 11) is 0. The van der Waals surface area contributed by atoms with Crippen LogP contribution in [0.3, 0.4) is 0 Å². The fourth-order valence-electron chi connectivity index (χ4n) is 4.70. The first-order chi connectivity index (χ1) is 19.1. The molecule has 2 aliphatic heterocycles. The van der Waals surface area contributed by atoms with Crippen molar-refractivity contribution in [2.24, 2.45) is 0 Å². The molecule has 6 rings (SSSR count). The smallest absolute Gasteiger partial charge is 0.355 e. The number of thioether (sulfide) groups is 1. The lowest BCUT2D eigenvalue weighted by Crippen LogP contribution is -2.70. The van der Waals surface area contributed by atoms with Crippen LogP contribution in [-0.4, -0.2) is 46.8 Å². The fraction of sp³-hybridized carbons (Fsp3) is 0.231. The molecule has 204 valence electrons. The van der Waals surface area contributed by atoms with Gasteiger partial charge >= 0.3 is 11.9 Å². The lowest BCUT2D eigenvalue weighted by Gasteiger charge is -2.51. The minimum atomic E-state index is -1.36. The highest BCUT2D eigenvalue weighted by Crippen LogP contribution is 2.58. The molecule has 0 spiro atoms. The predicted octanol–water partition coefficient (Wildman–Crippen LogP) is 5.00. The molecule has 3 atom stereocenters. The van der Waals surface area contributed by atoms with Crippen molar-refractivity contribution in [3.8, 4) is 0 Å². The van der Waals surface area contributed by atoms with Gasteiger partial charge in [-0.2, -0.15) is 0 Å². The number of thiazole rings is 1. The number of non-ortho nitro benzene ring substituents is 1. The lowest BCUT2D eigenvalue weighted by molar-refractivity contribution is -0.384. The molecule has 0 radical (unpaired) electrons. The first kappa shape index (κ1) is 26.5. The van der Waals surface area contributed by atoms with Gasteiger partial charge in [0.05, 0.1) is 15.1 Å². The Morgan fingerprint density at radius 2 is 2.00 bits per heavy atom. The van der Waals surface area contributed by atoms with E-state index in [1.165, 1.54) is 64.6 Å². The molecule has 1 unspecified atom stereocenters. The molecule has 4 heterocycles. The van der Waals surface area contributed by atoms with Gasteiger partial charge in [-0.1, -0.05) is 33.3 Å². The van der Waals surface area contributed by atoms with Crippen molar-refractivity contribution in [3.05, 3.63) is 86.7 Å². The van der Waals surface area contributed by atoms with E-state index in [2.05, 4.69) is 22.0 Å². The van der Waals surface area contributed by atoms with Crippen LogP contribution in [0.15, 0.2) is 59.8 Å². The number of alkyl halides is 1. The monoisotopic (exact) mass is 642 g/mol. The van der Waals surface area contributed by atoms with E-state index in [0.29, 0.717) is 16.2 Å². The van der Waals surface area contributed by atoms with Gasteiger partial charge in [-0.15, -0.1) is 11.8 Å². The summed E-state index contributed by atoms with van der Waals surface area (Å²) >= 11 is 6.29. The number of hydrogen-bond donors (Lipinski definition) is 0. The molecule has 0 N–H and O–H groups in total. The molecule has 2 aromatic heterocycles.